The molecule has 0 fully saturated rings. The zero-order valence-corrected chi connectivity index (χ0v) is 12.7. The molecule has 2 heterocycles. The van der Waals surface area contributed by atoms with Crippen molar-refractivity contribution in [2.24, 2.45) is 0 Å². The molecule has 1 aliphatic carbocycles. The lowest BCUT2D eigenvalue weighted by molar-refractivity contribution is 0.699. The van der Waals surface area contributed by atoms with Crippen molar-refractivity contribution in [3.05, 3.63) is 51.8 Å². The highest BCUT2D eigenvalue weighted by Crippen LogP contribution is 2.36. The van der Waals surface area contributed by atoms with Gasteiger partial charge in [-0.2, -0.15) is 0 Å². The summed E-state index contributed by atoms with van der Waals surface area (Å²) in [6, 6.07) is 6.21. The quantitative estimate of drug-likeness (QED) is 0.790. The van der Waals surface area contributed by atoms with Crippen LogP contribution in [0.2, 0.25) is 0 Å². The number of aromatic nitrogens is 3. The Labute approximate surface area is 121 Å². The lowest BCUT2D eigenvalue weighted by atomic mass is 10.0. The van der Waals surface area contributed by atoms with Crippen molar-refractivity contribution in [3.8, 4) is 0 Å². The first kappa shape index (κ1) is 12.7. The second-order valence-electron chi connectivity index (χ2n) is 5.27. The summed E-state index contributed by atoms with van der Waals surface area (Å²) in [7, 11) is 0. The van der Waals surface area contributed by atoms with Crippen LogP contribution in [-0.4, -0.2) is 15.0 Å². The highest BCUT2D eigenvalue weighted by atomic mass is 79.9. The largest absolute Gasteiger partial charge is 0.260 e. The number of nitrogens with zero attached hydrogens (tertiary/aromatic N) is 3. The maximum absolute atomic E-state index is 4.73. The van der Waals surface area contributed by atoms with E-state index in [0.29, 0.717) is 11.8 Å². The van der Waals surface area contributed by atoms with Gasteiger partial charge in [-0.15, -0.1) is 0 Å². The van der Waals surface area contributed by atoms with E-state index in [9.17, 15) is 0 Å². The maximum Gasteiger partial charge on any atom is 0.132 e. The molecule has 0 spiro atoms. The van der Waals surface area contributed by atoms with E-state index >= 15 is 0 Å². The SMILES string of the molecule is CC(C)c1nc(Br)cc(C2CCc3cccnc32)n1. The topological polar surface area (TPSA) is 38.7 Å². The highest BCUT2D eigenvalue weighted by molar-refractivity contribution is 9.10. The molecule has 4 heteroatoms. The van der Waals surface area contributed by atoms with E-state index in [-0.39, 0.29) is 0 Å². The Kier molecular flexibility index (Phi) is 3.35. The van der Waals surface area contributed by atoms with Crippen molar-refractivity contribution in [2.75, 3.05) is 0 Å². The molecule has 2 aromatic rings. The Hall–Kier alpha value is -1.29. The molecule has 0 saturated carbocycles. The van der Waals surface area contributed by atoms with Gasteiger partial charge in [0.25, 0.3) is 0 Å². The molecule has 0 N–H and O–H groups in total. The summed E-state index contributed by atoms with van der Waals surface area (Å²) in [5.74, 6) is 1.54. The molecule has 19 heavy (non-hydrogen) atoms. The van der Waals surface area contributed by atoms with Gasteiger partial charge in [-0.25, -0.2) is 9.97 Å². The molecule has 3 rings (SSSR count). The molecular formula is C15H16BrN3. The van der Waals surface area contributed by atoms with E-state index in [1.54, 1.807) is 0 Å². The molecular weight excluding hydrogens is 302 g/mol. The Morgan fingerprint density at radius 1 is 1.32 bits per heavy atom. The van der Waals surface area contributed by atoms with E-state index in [2.05, 4.69) is 45.8 Å². The van der Waals surface area contributed by atoms with Crippen LogP contribution >= 0.6 is 15.9 Å². The lowest BCUT2D eigenvalue weighted by Gasteiger charge is -2.13. The van der Waals surface area contributed by atoms with Crippen LogP contribution in [0.3, 0.4) is 0 Å². The molecule has 0 saturated heterocycles. The fourth-order valence-electron chi connectivity index (χ4n) is 2.59. The highest BCUT2D eigenvalue weighted by Gasteiger charge is 2.27. The summed E-state index contributed by atoms with van der Waals surface area (Å²) in [5, 5.41) is 0. The van der Waals surface area contributed by atoms with E-state index < -0.39 is 0 Å². The summed E-state index contributed by atoms with van der Waals surface area (Å²) in [4.78, 5) is 13.7. The number of hydrogen-bond donors (Lipinski definition) is 0. The first-order valence-electron chi connectivity index (χ1n) is 6.63. The number of hydrogen-bond acceptors (Lipinski definition) is 3. The predicted molar refractivity (Wildman–Crippen MR) is 78.2 cm³/mol. The summed E-state index contributed by atoms with van der Waals surface area (Å²) >= 11 is 3.50. The third-order valence-corrected chi connectivity index (χ3v) is 3.97. The molecule has 1 atom stereocenters. The van der Waals surface area contributed by atoms with Gasteiger partial charge in [0.05, 0.1) is 11.4 Å². The summed E-state index contributed by atoms with van der Waals surface area (Å²) in [5.41, 5.74) is 3.62. The van der Waals surface area contributed by atoms with Crippen LogP contribution in [0, 0.1) is 0 Å². The summed E-state index contributed by atoms with van der Waals surface area (Å²) in [6.45, 7) is 4.23. The van der Waals surface area contributed by atoms with Gasteiger partial charge in [-0.3, -0.25) is 4.98 Å². The van der Waals surface area contributed by atoms with Crippen LogP contribution in [0.4, 0.5) is 0 Å². The minimum absolute atomic E-state index is 0.313. The number of aryl methyl sites for hydroxylation is 1. The molecule has 2 aromatic heterocycles. The monoisotopic (exact) mass is 317 g/mol. The number of halogens is 1. The van der Waals surface area contributed by atoms with Crippen LogP contribution in [0.1, 0.15) is 54.9 Å². The number of fused-ring (bicyclic) bond motifs is 1. The Morgan fingerprint density at radius 3 is 2.95 bits per heavy atom. The van der Waals surface area contributed by atoms with Crippen molar-refractivity contribution in [3.63, 3.8) is 0 Å². The third-order valence-electron chi connectivity index (χ3n) is 3.56. The normalized spacial score (nSPS) is 17.8. The van der Waals surface area contributed by atoms with E-state index in [1.807, 2.05) is 18.3 Å². The molecule has 0 bridgehead atoms. The summed E-state index contributed by atoms with van der Waals surface area (Å²) in [6.07, 6.45) is 4.05. The first-order chi connectivity index (χ1) is 9.15. The zero-order valence-electron chi connectivity index (χ0n) is 11.1. The fraction of sp³-hybridized carbons (Fsp3) is 0.400. The van der Waals surface area contributed by atoms with Gasteiger partial charge in [-0.1, -0.05) is 19.9 Å². The van der Waals surface area contributed by atoms with Crippen molar-refractivity contribution in [2.45, 2.75) is 38.5 Å². The van der Waals surface area contributed by atoms with Crippen molar-refractivity contribution >= 4 is 15.9 Å². The van der Waals surface area contributed by atoms with Crippen LogP contribution in [0.5, 0.6) is 0 Å². The third kappa shape index (κ3) is 2.41. The molecule has 0 aliphatic heterocycles. The van der Waals surface area contributed by atoms with Gasteiger partial charge in [0.15, 0.2) is 0 Å². The molecule has 1 aliphatic rings. The minimum atomic E-state index is 0.313. The molecule has 1 unspecified atom stereocenters. The van der Waals surface area contributed by atoms with Gasteiger partial charge in [-0.05, 0) is 46.5 Å². The van der Waals surface area contributed by atoms with Crippen LogP contribution in [0.25, 0.3) is 0 Å². The van der Waals surface area contributed by atoms with Crippen LogP contribution < -0.4 is 0 Å². The molecule has 98 valence electrons. The average Bonchev–Trinajstić information content (AvgIpc) is 2.81. The smallest absolute Gasteiger partial charge is 0.132 e. The van der Waals surface area contributed by atoms with Crippen molar-refractivity contribution in [1.82, 2.24) is 15.0 Å². The van der Waals surface area contributed by atoms with Gasteiger partial charge in [0.1, 0.15) is 10.4 Å². The molecule has 0 aromatic carbocycles. The van der Waals surface area contributed by atoms with E-state index in [4.69, 9.17) is 4.98 Å². The van der Waals surface area contributed by atoms with Crippen LogP contribution in [-0.2, 0) is 6.42 Å². The Morgan fingerprint density at radius 2 is 2.16 bits per heavy atom. The Balaban J connectivity index is 2.04. The zero-order chi connectivity index (χ0) is 13.4. The summed E-state index contributed by atoms with van der Waals surface area (Å²) < 4.78 is 0.866. The number of pyridine rings is 1. The van der Waals surface area contributed by atoms with Crippen molar-refractivity contribution in [1.29, 1.82) is 0 Å². The van der Waals surface area contributed by atoms with Gasteiger partial charge in [0.2, 0.25) is 0 Å². The molecule has 0 amide bonds. The Bertz CT molecular complexity index is 610. The standard InChI is InChI=1S/C15H16BrN3/c1-9(2)15-18-12(8-13(16)19-15)11-6-5-10-4-3-7-17-14(10)11/h3-4,7-9,11H,5-6H2,1-2H3. The molecule has 3 nitrogen and oxygen atoms in total. The van der Waals surface area contributed by atoms with Gasteiger partial charge < -0.3 is 0 Å². The first-order valence-corrected chi connectivity index (χ1v) is 7.42. The van der Waals surface area contributed by atoms with E-state index in [1.165, 1.54) is 11.3 Å². The minimum Gasteiger partial charge on any atom is -0.260 e. The fourth-order valence-corrected chi connectivity index (χ4v) is 3.01. The second kappa shape index (κ2) is 5.00. The number of rotatable bonds is 2. The van der Waals surface area contributed by atoms with E-state index in [0.717, 1.165) is 29.0 Å². The molecule has 0 radical (unpaired) electrons. The van der Waals surface area contributed by atoms with Gasteiger partial charge in [0, 0.05) is 18.0 Å². The average molecular weight is 318 g/mol. The van der Waals surface area contributed by atoms with Gasteiger partial charge >= 0.3 is 0 Å². The predicted octanol–water partition coefficient (Wildman–Crippen LogP) is 3.84. The van der Waals surface area contributed by atoms with Crippen molar-refractivity contribution < 1.29 is 0 Å². The second-order valence-corrected chi connectivity index (χ2v) is 6.08. The maximum atomic E-state index is 4.73. The lowest BCUT2D eigenvalue weighted by Crippen LogP contribution is -2.07. The van der Waals surface area contributed by atoms with Crippen LogP contribution in [0.15, 0.2) is 29.0 Å².